The summed E-state index contributed by atoms with van der Waals surface area (Å²) in [6.07, 6.45) is 0. The zero-order valence-electron chi connectivity index (χ0n) is 16.8. The number of carbonyl (C=O) groups is 1. The van der Waals surface area contributed by atoms with Crippen molar-refractivity contribution < 1.29 is 9.53 Å². The highest BCUT2D eigenvalue weighted by molar-refractivity contribution is 6.23. The molecule has 2 heterocycles. The summed E-state index contributed by atoms with van der Waals surface area (Å²) >= 11 is 0. The molecule has 6 rings (SSSR count). The fourth-order valence-corrected chi connectivity index (χ4v) is 4.33. The number of anilines is 1. The first-order valence-corrected chi connectivity index (χ1v) is 10.4. The van der Waals surface area contributed by atoms with Crippen LogP contribution in [0.5, 0.6) is 0 Å². The standard InChI is InChI=1S/C25H20N4O2/c30-25(29-11-13-31-14-12-29)26-16-9-10-21-22(15-16)28-24-20-8-4-2-6-18(20)17-5-1-3-7-19(17)23(24)27-21/h1-10,15H,11-14H2,(H,26,30). The SMILES string of the molecule is O=C(Nc1ccc2nc3c4ccccc4c4ccccc4c3nc2c1)N1CCOCC1. The summed E-state index contributed by atoms with van der Waals surface area (Å²) in [6.45, 7) is 2.35. The van der Waals surface area contributed by atoms with E-state index in [4.69, 9.17) is 14.7 Å². The summed E-state index contributed by atoms with van der Waals surface area (Å²) in [6, 6.07) is 22.2. The monoisotopic (exact) mass is 408 g/mol. The van der Waals surface area contributed by atoms with Crippen LogP contribution in [0, 0.1) is 0 Å². The zero-order valence-corrected chi connectivity index (χ0v) is 16.8. The van der Waals surface area contributed by atoms with Crippen LogP contribution in [0.2, 0.25) is 0 Å². The van der Waals surface area contributed by atoms with E-state index < -0.39 is 0 Å². The molecule has 1 aliphatic rings. The van der Waals surface area contributed by atoms with E-state index in [-0.39, 0.29) is 6.03 Å². The second kappa shape index (κ2) is 7.18. The Kier molecular flexibility index (Phi) is 4.18. The third-order valence-electron chi connectivity index (χ3n) is 5.87. The van der Waals surface area contributed by atoms with E-state index in [1.165, 1.54) is 5.39 Å². The molecule has 0 atom stereocenters. The number of hydrogen-bond acceptors (Lipinski definition) is 4. The van der Waals surface area contributed by atoms with Gasteiger partial charge in [0, 0.05) is 29.5 Å². The number of nitrogens with one attached hydrogen (secondary N) is 1. The van der Waals surface area contributed by atoms with E-state index in [1.807, 2.05) is 36.4 Å². The first-order chi connectivity index (χ1) is 15.3. The largest absolute Gasteiger partial charge is 0.378 e. The molecular weight excluding hydrogens is 388 g/mol. The molecule has 1 aliphatic heterocycles. The van der Waals surface area contributed by atoms with Gasteiger partial charge in [0.2, 0.25) is 0 Å². The van der Waals surface area contributed by atoms with Gasteiger partial charge in [-0.25, -0.2) is 14.8 Å². The Bertz CT molecular complexity index is 1470. The summed E-state index contributed by atoms with van der Waals surface area (Å²) in [4.78, 5) is 24.3. The van der Waals surface area contributed by atoms with Crippen molar-refractivity contribution in [1.82, 2.24) is 14.9 Å². The maximum atomic E-state index is 12.6. The molecule has 0 aliphatic carbocycles. The molecule has 6 heteroatoms. The molecule has 1 N–H and O–H groups in total. The van der Waals surface area contributed by atoms with Crippen molar-refractivity contribution in [3.8, 4) is 0 Å². The van der Waals surface area contributed by atoms with Gasteiger partial charge in [-0.05, 0) is 29.0 Å². The number of amides is 2. The van der Waals surface area contributed by atoms with Gasteiger partial charge in [0.15, 0.2) is 0 Å². The van der Waals surface area contributed by atoms with E-state index in [2.05, 4.69) is 35.6 Å². The van der Waals surface area contributed by atoms with E-state index >= 15 is 0 Å². The van der Waals surface area contributed by atoms with Crippen molar-refractivity contribution in [1.29, 1.82) is 0 Å². The molecule has 5 aromatic rings. The summed E-state index contributed by atoms with van der Waals surface area (Å²) < 4.78 is 5.32. The molecule has 0 saturated carbocycles. The first kappa shape index (κ1) is 18.0. The highest BCUT2D eigenvalue weighted by Crippen LogP contribution is 2.34. The third kappa shape index (κ3) is 3.04. The molecule has 2 amide bonds. The van der Waals surface area contributed by atoms with Crippen LogP contribution in [0.15, 0.2) is 66.7 Å². The average Bonchev–Trinajstić information content (AvgIpc) is 2.84. The molecule has 0 radical (unpaired) electrons. The maximum absolute atomic E-state index is 12.6. The quantitative estimate of drug-likeness (QED) is 0.315. The lowest BCUT2D eigenvalue weighted by atomic mass is 9.99. The Balaban J connectivity index is 1.51. The molecule has 1 saturated heterocycles. The van der Waals surface area contributed by atoms with Gasteiger partial charge >= 0.3 is 6.03 Å². The lowest BCUT2D eigenvalue weighted by molar-refractivity contribution is 0.0564. The maximum Gasteiger partial charge on any atom is 0.322 e. The number of morpholine rings is 1. The van der Waals surface area contributed by atoms with Gasteiger partial charge < -0.3 is 15.0 Å². The lowest BCUT2D eigenvalue weighted by Crippen LogP contribution is -2.43. The van der Waals surface area contributed by atoms with Crippen molar-refractivity contribution in [2.24, 2.45) is 0 Å². The van der Waals surface area contributed by atoms with E-state index in [1.54, 1.807) is 4.90 Å². The third-order valence-corrected chi connectivity index (χ3v) is 5.87. The fourth-order valence-electron chi connectivity index (χ4n) is 4.33. The Morgan fingerprint density at radius 3 is 2.00 bits per heavy atom. The van der Waals surface area contributed by atoms with Crippen molar-refractivity contribution in [3.05, 3.63) is 66.7 Å². The van der Waals surface area contributed by atoms with E-state index in [9.17, 15) is 4.79 Å². The van der Waals surface area contributed by atoms with E-state index in [0.29, 0.717) is 32.0 Å². The van der Waals surface area contributed by atoms with Crippen LogP contribution in [-0.2, 0) is 4.74 Å². The van der Waals surface area contributed by atoms with Crippen LogP contribution in [-0.4, -0.2) is 47.2 Å². The van der Waals surface area contributed by atoms with Crippen molar-refractivity contribution in [2.45, 2.75) is 0 Å². The van der Waals surface area contributed by atoms with Crippen molar-refractivity contribution in [3.63, 3.8) is 0 Å². The van der Waals surface area contributed by atoms with Gasteiger partial charge in [-0.2, -0.15) is 0 Å². The summed E-state index contributed by atoms with van der Waals surface area (Å²) in [5, 5.41) is 7.49. The van der Waals surface area contributed by atoms with Crippen LogP contribution in [0.4, 0.5) is 10.5 Å². The number of fused-ring (bicyclic) bond motifs is 7. The topological polar surface area (TPSA) is 67.4 Å². The normalized spacial score (nSPS) is 14.5. The minimum Gasteiger partial charge on any atom is -0.378 e. The van der Waals surface area contributed by atoms with Crippen LogP contribution in [0.25, 0.3) is 43.6 Å². The molecular formula is C25H20N4O2. The molecule has 31 heavy (non-hydrogen) atoms. The molecule has 0 bridgehead atoms. The van der Waals surface area contributed by atoms with Gasteiger partial charge in [-0.1, -0.05) is 48.5 Å². The van der Waals surface area contributed by atoms with E-state index in [0.717, 1.165) is 38.2 Å². The van der Waals surface area contributed by atoms with Gasteiger partial charge in [-0.15, -0.1) is 0 Å². The first-order valence-electron chi connectivity index (χ1n) is 10.4. The predicted molar refractivity (Wildman–Crippen MR) is 123 cm³/mol. The highest BCUT2D eigenvalue weighted by Gasteiger charge is 2.17. The van der Waals surface area contributed by atoms with Gasteiger partial charge in [0.05, 0.1) is 35.3 Å². The number of ether oxygens (including phenoxy) is 1. The fraction of sp³-hybridized carbons (Fsp3) is 0.160. The number of hydrogen-bond donors (Lipinski definition) is 1. The second-order valence-electron chi connectivity index (χ2n) is 7.75. The molecule has 0 unspecified atom stereocenters. The Morgan fingerprint density at radius 1 is 0.774 bits per heavy atom. The van der Waals surface area contributed by atoms with Gasteiger partial charge in [0.25, 0.3) is 0 Å². The summed E-state index contributed by atoms with van der Waals surface area (Å²) in [7, 11) is 0. The van der Waals surface area contributed by atoms with Crippen molar-refractivity contribution >= 4 is 55.3 Å². The Hall–Kier alpha value is -3.77. The summed E-state index contributed by atoms with van der Waals surface area (Å²) in [5.41, 5.74) is 4.04. The van der Waals surface area contributed by atoms with Crippen LogP contribution in [0.1, 0.15) is 0 Å². The lowest BCUT2D eigenvalue weighted by Gasteiger charge is -2.26. The Morgan fingerprint density at radius 2 is 1.35 bits per heavy atom. The number of carbonyl (C=O) groups excluding carboxylic acids is 1. The number of nitrogens with zero attached hydrogens (tertiary/aromatic N) is 3. The number of rotatable bonds is 1. The van der Waals surface area contributed by atoms with Gasteiger partial charge in [0.1, 0.15) is 0 Å². The smallest absolute Gasteiger partial charge is 0.322 e. The molecule has 4 aromatic carbocycles. The van der Waals surface area contributed by atoms with Crippen molar-refractivity contribution in [2.75, 3.05) is 31.6 Å². The van der Waals surface area contributed by atoms with Crippen LogP contribution >= 0.6 is 0 Å². The van der Waals surface area contributed by atoms with Crippen LogP contribution in [0.3, 0.4) is 0 Å². The average molecular weight is 408 g/mol. The predicted octanol–water partition coefficient (Wildman–Crippen LogP) is 4.95. The summed E-state index contributed by atoms with van der Waals surface area (Å²) in [5.74, 6) is 0. The molecule has 6 nitrogen and oxygen atoms in total. The molecule has 152 valence electrons. The minimum absolute atomic E-state index is 0.118. The van der Waals surface area contributed by atoms with Crippen LogP contribution < -0.4 is 5.32 Å². The zero-order chi connectivity index (χ0) is 20.8. The Labute approximate surface area is 178 Å². The second-order valence-corrected chi connectivity index (χ2v) is 7.75. The number of benzene rings is 4. The highest BCUT2D eigenvalue weighted by atomic mass is 16.5. The van der Waals surface area contributed by atoms with Gasteiger partial charge in [-0.3, -0.25) is 0 Å². The molecule has 0 spiro atoms. The molecule has 1 fully saturated rings. The number of aromatic nitrogens is 2. The molecule has 1 aromatic heterocycles. The number of urea groups is 1. The minimum atomic E-state index is -0.118.